The quantitative estimate of drug-likeness (QED) is 0.856. The van der Waals surface area contributed by atoms with Crippen LogP contribution in [0.15, 0.2) is 37.1 Å². The predicted octanol–water partition coefficient (Wildman–Crippen LogP) is 0.229. The summed E-state index contributed by atoms with van der Waals surface area (Å²) in [4.78, 5) is 33.6. The van der Waals surface area contributed by atoms with E-state index in [4.69, 9.17) is 0 Å². The molecule has 3 rings (SSSR count). The first-order valence-corrected chi connectivity index (χ1v) is 6.74. The lowest BCUT2D eigenvalue weighted by atomic mass is 10.2. The fraction of sp³-hybridized carbons (Fsp3) is 0.286. The third-order valence-corrected chi connectivity index (χ3v) is 3.31. The molecule has 2 amide bonds. The number of carbonyl (C=O) groups is 2. The molecular weight excluding hydrogens is 270 g/mol. The van der Waals surface area contributed by atoms with Gasteiger partial charge in [-0.3, -0.25) is 14.2 Å². The van der Waals surface area contributed by atoms with Crippen molar-refractivity contribution < 1.29 is 9.59 Å². The Labute approximate surface area is 121 Å². The van der Waals surface area contributed by atoms with Gasteiger partial charge in [-0.1, -0.05) is 0 Å². The van der Waals surface area contributed by atoms with Gasteiger partial charge in [0.15, 0.2) is 0 Å². The van der Waals surface area contributed by atoms with Gasteiger partial charge >= 0.3 is 0 Å². The summed E-state index contributed by atoms with van der Waals surface area (Å²) in [7, 11) is 0. The van der Waals surface area contributed by atoms with Crippen LogP contribution in [-0.2, 0) is 4.79 Å². The van der Waals surface area contributed by atoms with Crippen molar-refractivity contribution in [2.45, 2.75) is 6.42 Å². The number of aromatic nitrogens is 3. The Kier molecular flexibility index (Phi) is 3.63. The van der Waals surface area contributed by atoms with Crippen molar-refractivity contribution in [2.24, 2.45) is 0 Å². The van der Waals surface area contributed by atoms with E-state index < -0.39 is 0 Å². The molecule has 1 N–H and O–H groups in total. The van der Waals surface area contributed by atoms with Gasteiger partial charge in [-0.15, -0.1) is 0 Å². The number of carbonyl (C=O) groups excluding carboxylic acids is 2. The number of imidazole rings is 1. The van der Waals surface area contributed by atoms with Gasteiger partial charge in [-0.2, -0.15) is 0 Å². The highest BCUT2D eigenvalue weighted by atomic mass is 16.2. The second-order valence-corrected chi connectivity index (χ2v) is 4.81. The van der Waals surface area contributed by atoms with Crippen LogP contribution in [0.3, 0.4) is 0 Å². The van der Waals surface area contributed by atoms with E-state index in [1.165, 1.54) is 6.20 Å². The molecule has 2 aromatic rings. The molecule has 0 aromatic carbocycles. The van der Waals surface area contributed by atoms with Gasteiger partial charge in [-0.05, 0) is 18.6 Å². The van der Waals surface area contributed by atoms with Crippen molar-refractivity contribution in [2.75, 3.05) is 19.6 Å². The van der Waals surface area contributed by atoms with Crippen molar-refractivity contribution in [3.63, 3.8) is 0 Å². The molecule has 2 aromatic heterocycles. The summed E-state index contributed by atoms with van der Waals surface area (Å²) < 4.78 is 1.76. The van der Waals surface area contributed by atoms with Gasteiger partial charge in [0.05, 0.1) is 12.1 Å². The molecule has 0 radical (unpaired) electrons. The van der Waals surface area contributed by atoms with Gasteiger partial charge in [0.25, 0.3) is 5.91 Å². The van der Waals surface area contributed by atoms with Gasteiger partial charge in [0.2, 0.25) is 5.91 Å². The second kappa shape index (κ2) is 5.74. The Morgan fingerprint density at radius 2 is 2.24 bits per heavy atom. The van der Waals surface area contributed by atoms with E-state index in [1.54, 1.807) is 40.3 Å². The molecule has 1 aliphatic heterocycles. The smallest absolute Gasteiger partial charge is 0.255 e. The number of hydrogen-bond donors (Lipinski definition) is 1. The monoisotopic (exact) mass is 285 g/mol. The van der Waals surface area contributed by atoms with Crippen LogP contribution in [0.25, 0.3) is 5.82 Å². The minimum atomic E-state index is -0.170. The number of nitrogens with one attached hydrogen (secondary N) is 1. The highest BCUT2D eigenvalue weighted by Crippen LogP contribution is 2.09. The number of pyridine rings is 1. The fourth-order valence-corrected chi connectivity index (χ4v) is 2.22. The van der Waals surface area contributed by atoms with Gasteiger partial charge in [0.1, 0.15) is 12.1 Å². The van der Waals surface area contributed by atoms with E-state index in [9.17, 15) is 9.59 Å². The zero-order valence-corrected chi connectivity index (χ0v) is 11.4. The molecule has 0 atom stereocenters. The zero-order valence-electron chi connectivity index (χ0n) is 11.4. The van der Waals surface area contributed by atoms with Crippen molar-refractivity contribution in [1.82, 2.24) is 24.8 Å². The van der Waals surface area contributed by atoms with E-state index >= 15 is 0 Å². The van der Waals surface area contributed by atoms with E-state index in [0.29, 0.717) is 24.5 Å². The van der Waals surface area contributed by atoms with E-state index in [1.807, 2.05) is 0 Å². The predicted molar refractivity (Wildman–Crippen MR) is 74.9 cm³/mol. The molecule has 0 bridgehead atoms. The van der Waals surface area contributed by atoms with Crippen LogP contribution in [0, 0.1) is 0 Å². The minimum Gasteiger partial charge on any atom is -0.354 e. The Bertz CT molecular complexity index is 636. The third-order valence-electron chi connectivity index (χ3n) is 3.31. The summed E-state index contributed by atoms with van der Waals surface area (Å²) in [6, 6.07) is 3.47. The maximum atomic E-state index is 12.4. The van der Waals surface area contributed by atoms with Crippen LogP contribution < -0.4 is 5.32 Å². The fourth-order valence-electron chi connectivity index (χ4n) is 2.22. The van der Waals surface area contributed by atoms with E-state index in [-0.39, 0.29) is 18.4 Å². The van der Waals surface area contributed by atoms with Crippen molar-refractivity contribution in [3.05, 3.63) is 42.6 Å². The number of rotatable bonds is 2. The summed E-state index contributed by atoms with van der Waals surface area (Å²) in [5.41, 5.74) is 0.480. The average Bonchev–Trinajstić information content (AvgIpc) is 2.96. The van der Waals surface area contributed by atoms with Gasteiger partial charge in [-0.25, -0.2) is 9.97 Å². The summed E-state index contributed by atoms with van der Waals surface area (Å²) in [5, 5.41) is 2.75. The van der Waals surface area contributed by atoms with Crippen LogP contribution in [0.5, 0.6) is 0 Å². The number of amides is 2. The minimum absolute atomic E-state index is 0.0993. The van der Waals surface area contributed by atoms with Crippen molar-refractivity contribution >= 4 is 11.8 Å². The van der Waals surface area contributed by atoms with Gasteiger partial charge < -0.3 is 10.2 Å². The Hall–Kier alpha value is -2.70. The maximum absolute atomic E-state index is 12.4. The second-order valence-electron chi connectivity index (χ2n) is 4.81. The average molecular weight is 285 g/mol. The molecule has 21 heavy (non-hydrogen) atoms. The zero-order chi connectivity index (χ0) is 14.7. The molecular formula is C14H15N5O2. The van der Waals surface area contributed by atoms with Crippen LogP contribution >= 0.6 is 0 Å². The summed E-state index contributed by atoms with van der Waals surface area (Å²) in [6.45, 7) is 1.28. The first-order chi connectivity index (χ1) is 10.2. The molecule has 0 aliphatic carbocycles. The highest BCUT2D eigenvalue weighted by molar-refractivity contribution is 5.96. The number of nitrogens with zero attached hydrogens (tertiary/aromatic N) is 4. The standard InChI is InChI=1S/C14H15N5O2/c20-13-9-18(6-1-4-16-13)14(21)11-2-3-12(17-8-11)19-7-5-15-10-19/h2-3,5,7-8,10H,1,4,6,9H2,(H,16,20). The summed E-state index contributed by atoms with van der Waals surface area (Å²) in [5.74, 6) is 0.401. The first kappa shape index (κ1) is 13.3. The van der Waals surface area contributed by atoms with Crippen LogP contribution in [0.4, 0.5) is 0 Å². The summed E-state index contributed by atoms with van der Waals surface area (Å²) in [6.07, 6.45) is 7.38. The van der Waals surface area contributed by atoms with Gasteiger partial charge in [0, 0.05) is 31.7 Å². The molecule has 1 saturated heterocycles. The SMILES string of the molecule is O=C1CN(C(=O)c2ccc(-n3ccnc3)nc2)CCCN1. The first-order valence-electron chi connectivity index (χ1n) is 6.74. The molecule has 0 unspecified atom stereocenters. The topological polar surface area (TPSA) is 80.1 Å². The van der Waals surface area contributed by atoms with Crippen molar-refractivity contribution in [3.8, 4) is 5.82 Å². The lowest BCUT2D eigenvalue weighted by Crippen LogP contribution is -2.37. The lowest BCUT2D eigenvalue weighted by Gasteiger charge is -2.18. The van der Waals surface area contributed by atoms with Crippen molar-refractivity contribution in [1.29, 1.82) is 0 Å². The number of hydrogen-bond acceptors (Lipinski definition) is 4. The largest absolute Gasteiger partial charge is 0.354 e. The van der Waals surface area contributed by atoms with Crippen LogP contribution in [0.2, 0.25) is 0 Å². The van der Waals surface area contributed by atoms with Crippen LogP contribution in [0.1, 0.15) is 16.8 Å². The molecule has 7 heteroatoms. The highest BCUT2D eigenvalue weighted by Gasteiger charge is 2.21. The lowest BCUT2D eigenvalue weighted by molar-refractivity contribution is -0.121. The third kappa shape index (κ3) is 2.91. The summed E-state index contributed by atoms with van der Waals surface area (Å²) >= 11 is 0. The molecule has 0 saturated carbocycles. The molecule has 1 aliphatic rings. The Balaban J connectivity index is 1.77. The molecule has 108 valence electrons. The van der Waals surface area contributed by atoms with Crippen LogP contribution in [-0.4, -0.2) is 50.9 Å². The molecule has 0 spiro atoms. The normalized spacial score (nSPS) is 15.4. The molecule has 3 heterocycles. The Morgan fingerprint density at radius 1 is 1.33 bits per heavy atom. The molecule has 7 nitrogen and oxygen atoms in total. The molecule has 1 fully saturated rings. The maximum Gasteiger partial charge on any atom is 0.255 e. The van der Waals surface area contributed by atoms with E-state index in [2.05, 4.69) is 15.3 Å². The van der Waals surface area contributed by atoms with E-state index in [0.717, 1.165) is 6.42 Å². The Morgan fingerprint density at radius 3 is 2.95 bits per heavy atom.